The molecular formula is C27H36N6O4. The summed E-state index contributed by atoms with van der Waals surface area (Å²) in [5.41, 5.74) is 0. The minimum atomic E-state index is -0.936. The lowest BCUT2D eigenvalue weighted by Gasteiger charge is -2.36. The molecule has 3 rings (SSSR count). The largest absolute Gasteiger partial charge is 0.481 e. The fourth-order valence-electron chi connectivity index (χ4n) is 4.98. The van der Waals surface area contributed by atoms with Crippen molar-refractivity contribution in [2.45, 2.75) is 66.2 Å². The van der Waals surface area contributed by atoms with Crippen LogP contribution in [0.2, 0.25) is 0 Å². The van der Waals surface area contributed by atoms with Gasteiger partial charge in [-0.1, -0.05) is 20.8 Å². The molecule has 198 valence electrons. The van der Waals surface area contributed by atoms with Gasteiger partial charge < -0.3 is 9.84 Å². The molecule has 0 saturated carbocycles. The number of amidine groups is 2. The van der Waals surface area contributed by atoms with E-state index >= 15 is 0 Å². The fraction of sp³-hybridized carbons (Fsp3) is 0.704. The second-order valence-electron chi connectivity index (χ2n) is 10.5. The molecule has 8 atom stereocenters. The van der Waals surface area contributed by atoms with Crippen molar-refractivity contribution in [1.82, 2.24) is 0 Å². The summed E-state index contributed by atoms with van der Waals surface area (Å²) in [5.74, 6) is 0.513. The number of fused-ring (bicyclic) bond motifs is 2. The van der Waals surface area contributed by atoms with Crippen LogP contribution in [-0.2, 0) is 14.3 Å². The minimum Gasteiger partial charge on any atom is -0.481 e. The Hall–Kier alpha value is -3.58. The monoisotopic (exact) mass is 508 g/mol. The van der Waals surface area contributed by atoms with Crippen molar-refractivity contribution in [3.05, 3.63) is 0 Å². The molecule has 10 heteroatoms. The average Bonchev–Trinajstić information content (AvgIpc) is 2.87. The normalized spacial score (nSPS) is 28.5. The van der Waals surface area contributed by atoms with Crippen LogP contribution < -0.4 is 0 Å². The van der Waals surface area contributed by atoms with Crippen molar-refractivity contribution in [2.24, 2.45) is 62.3 Å². The van der Waals surface area contributed by atoms with Crippen LogP contribution in [-0.4, -0.2) is 41.7 Å². The first kappa shape index (κ1) is 29.6. The molecule has 10 nitrogen and oxygen atoms in total. The molecular weight excluding hydrogens is 472 g/mol. The van der Waals surface area contributed by atoms with Crippen LogP contribution in [0.3, 0.4) is 0 Å². The maximum absolute atomic E-state index is 11.6. The third kappa shape index (κ3) is 8.22. The Balaban J connectivity index is 0.000000261. The van der Waals surface area contributed by atoms with Gasteiger partial charge in [-0.25, -0.2) is 9.98 Å². The number of nitriles is 3. The van der Waals surface area contributed by atoms with Gasteiger partial charge in [-0.3, -0.25) is 14.6 Å². The van der Waals surface area contributed by atoms with E-state index in [1.807, 2.05) is 13.0 Å². The fourth-order valence-corrected chi connectivity index (χ4v) is 4.98. The van der Waals surface area contributed by atoms with Crippen molar-refractivity contribution < 1.29 is 19.4 Å². The van der Waals surface area contributed by atoms with Gasteiger partial charge in [0.25, 0.3) is 0 Å². The highest BCUT2D eigenvalue weighted by Gasteiger charge is 2.41. The summed E-state index contributed by atoms with van der Waals surface area (Å²) < 4.78 is 5.34. The highest BCUT2D eigenvalue weighted by Crippen LogP contribution is 2.37. The predicted octanol–water partition coefficient (Wildman–Crippen LogP) is 4.39. The number of nitrogens with zero attached hydrogens (tertiary/aromatic N) is 6. The van der Waals surface area contributed by atoms with E-state index in [-0.39, 0.29) is 36.1 Å². The van der Waals surface area contributed by atoms with Crippen LogP contribution in [0.25, 0.3) is 0 Å². The zero-order chi connectivity index (χ0) is 27.7. The topological polar surface area (TPSA) is 172 Å². The van der Waals surface area contributed by atoms with Crippen molar-refractivity contribution in [2.75, 3.05) is 7.05 Å². The summed E-state index contributed by atoms with van der Waals surface area (Å²) in [6.45, 7) is 7.36. The number of ether oxygens (including phenoxy) is 1. The van der Waals surface area contributed by atoms with Crippen LogP contribution in [0.15, 0.2) is 15.0 Å². The third-order valence-electron chi connectivity index (χ3n) is 7.14. The molecule has 1 fully saturated rings. The summed E-state index contributed by atoms with van der Waals surface area (Å²) >= 11 is 0. The van der Waals surface area contributed by atoms with E-state index in [0.29, 0.717) is 30.6 Å². The zero-order valence-electron chi connectivity index (χ0n) is 22.2. The molecule has 3 heterocycles. The highest BCUT2D eigenvalue weighted by molar-refractivity contribution is 6.09. The SMILES string of the molecule is CC(C#N)CC(C#N)CC(C#N)CC(C)C(=O)O.CN=C1N=C2N=C3OC(=O)C(C)CC3CC2CC1C. The molecule has 37 heavy (non-hydrogen) atoms. The van der Waals surface area contributed by atoms with Crippen LogP contribution in [0.1, 0.15) is 66.2 Å². The summed E-state index contributed by atoms with van der Waals surface area (Å²) in [6.07, 6.45) is 3.89. The summed E-state index contributed by atoms with van der Waals surface area (Å²) in [4.78, 5) is 35.5. The standard InChI is InChI=1S/C14H19N3O2.C13H17N3O2/c1-7-4-9-6-10-5-8(2)14(18)19-13(10)17-12(9)16-11(7)15-3;1-9(6-14)3-11(7-15)5-12(8-16)4-10(2)13(17)18/h7-10H,4-6H2,1-3H3;9-12H,3-5H2,1-2H3,(H,17,18). The van der Waals surface area contributed by atoms with Gasteiger partial charge in [0.2, 0.25) is 5.90 Å². The smallest absolute Gasteiger partial charge is 0.315 e. The van der Waals surface area contributed by atoms with Gasteiger partial charge in [-0.2, -0.15) is 15.8 Å². The van der Waals surface area contributed by atoms with Gasteiger partial charge >= 0.3 is 11.9 Å². The summed E-state index contributed by atoms with van der Waals surface area (Å²) in [7, 11) is 1.76. The number of esters is 1. The summed E-state index contributed by atoms with van der Waals surface area (Å²) in [5, 5.41) is 35.4. The van der Waals surface area contributed by atoms with E-state index in [0.717, 1.165) is 30.9 Å². The number of carboxylic acids is 1. The van der Waals surface area contributed by atoms with Crippen LogP contribution in [0.5, 0.6) is 0 Å². The number of carbonyl (C=O) groups is 2. The molecule has 0 aromatic carbocycles. The van der Waals surface area contributed by atoms with Gasteiger partial charge in [0.1, 0.15) is 11.7 Å². The van der Waals surface area contributed by atoms with Crippen LogP contribution in [0.4, 0.5) is 0 Å². The Labute approximate surface area is 218 Å². The molecule has 0 bridgehead atoms. The van der Waals surface area contributed by atoms with Crippen LogP contribution >= 0.6 is 0 Å². The molecule has 3 aliphatic rings. The zero-order valence-corrected chi connectivity index (χ0v) is 22.2. The quantitative estimate of drug-likeness (QED) is 0.496. The van der Waals surface area contributed by atoms with E-state index in [2.05, 4.69) is 34.0 Å². The van der Waals surface area contributed by atoms with Crippen molar-refractivity contribution in [3.8, 4) is 18.2 Å². The van der Waals surface area contributed by atoms with Gasteiger partial charge in [-0.05, 0) is 45.4 Å². The van der Waals surface area contributed by atoms with E-state index in [4.69, 9.17) is 25.6 Å². The highest BCUT2D eigenvalue weighted by atomic mass is 16.5. The average molecular weight is 509 g/mol. The van der Waals surface area contributed by atoms with Crippen LogP contribution in [0, 0.1) is 81.3 Å². The minimum absolute atomic E-state index is 0.0174. The number of aliphatic carboxylic acids is 1. The van der Waals surface area contributed by atoms with E-state index in [9.17, 15) is 9.59 Å². The van der Waals surface area contributed by atoms with Crippen molar-refractivity contribution in [1.29, 1.82) is 15.8 Å². The predicted molar refractivity (Wildman–Crippen MR) is 137 cm³/mol. The maximum atomic E-state index is 11.6. The molecule has 1 saturated heterocycles. The molecule has 8 unspecified atom stereocenters. The second kappa shape index (κ2) is 13.7. The lowest BCUT2D eigenvalue weighted by molar-refractivity contribution is -0.143. The molecule has 0 aliphatic carbocycles. The Morgan fingerprint density at radius 3 is 2.19 bits per heavy atom. The molecule has 3 aliphatic heterocycles. The second-order valence-corrected chi connectivity index (χ2v) is 10.5. The van der Waals surface area contributed by atoms with E-state index in [1.54, 1.807) is 20.9 Å². The Morgan fingerprint density at radius 2 is 1.62 bits per heavy atom. The molecule has 0 aromatic rings. The van der Waals surface area contributed by atoms with Crippen molar-refractivity contribution in [3.63, 3.8) is 0 Å². The molecule has 0 spiro atoms. The van der Waals surface area contributed by atoms with Gasteiger partial charge in [0, 0.05) is 42.6 Å². The Morgan fingerprint density at radius 1 is 1.00 bits per heavy atom. The molecule has 0 radical (unpaired) electrons. The van der Waals surface area contributed by atoms with Gasteiger partial charge in [0.15, 0.2) is 0 Å². The number of carboxylic acid groups (broad SMARTS) is 1. The molecule has 0 amide bonds. The molecule has 0 aromatic heterocycles. The number of aliphatic imine (C=N–C) groups is 3. The Kier molecular flexibility index (Phi) is 10.9. The third-order valence-corrected chi connectivity index (χ3v) is 7.14. The number of hydrogen-bond donors (Lipinski definition) is 1. The number of rotatable bonds is 7. The van der Waals surface area contributed by atoms with Gasteiger partial charge in [0.05, 0.1) is 30.0 Å². The first-order valence-corrected chi connectivity index (χ1v) is 12.8. The summed E-state index contributed by atoms with van der Waals surface area (Å²) in [6, 6.07) is 6.18. The van der Waals surface area contributed by atoms with E-state index in [1.165, 1.54) is 0 Å². The maximum Gasteiger partial charge on any atom is 0.315 e. The lowest BCUT2D eigenvalue weighted by atomic mass is 9.78. The molecule has 1 N–H and O–H groups in total. The van der Waals surface area contributed by atoms with Gasteiger partial charge in [-0.15, -0.1) is 0 Å². The first-order chi connectivity index (χ1) is 17.5. The number of hydrogen-bond acceptors (Lipinski definition) is 8. The van der Waals surface area contributed by atoms with E-state index < -0.39 is 17.8 Å². The lowest BCUT2D eigenvalue weighted by Crippen LogP contribution is -2.41. The Bertz CT molecular complexity index is 1080. The van der Waals surface area contributed by atoms with Crippen molar-refractivity contribution >= 4 is 29.5 Å². The number of carbonyl (C=O) groups excluding carboxylic acids is 1. The first-order valence-electron chi connectivity index (χ1n) is 12.8.